The minimum absolute atomic E-state index is 0. The lowest BCUT2D eigenvalue weighted by Crippen LogP contribution is -2.52. The summed E-state index contributed by atoms with van der Waals surface area (Å²) in [6, 6.07) is 17.6. The van der Waals surface area contributed by atoms with Gasteiger partial charge >= 0.3 is 0 Å². The van der Waals surface area contributed by atoms with Crippen molar-refractivity contribution >= 4 is 41.8 Å². The van der Waals surface area contributed by atoms with E-state index in [0.29, 0.717) is 17.7 Å². The zero-order chi connectivity index (χ0) is 22.3. The quantitative estimate of drug-likeness (QED) is 0.185. The third kappa shape index (κ3) is 6.11. The van der Waals surface area contributed by atoms with E-state index in [-0.39, 0.29) is 35.8 Å². The average Bonchev–Trinajstić information content (AvgIpc) is 3.08. The fourth-order valence-corrected chi connectivity index (χ4v) is 4.33. The standard InChI is InChI=1S/C25H31N5O2.HI/c1-26-25(29-17-15-28(16-18-29)19-20-9-3-2-4-10-20)27-13-7-8-14-30-23(31)21-11-5-6-12-22(21)24(30)32;/h2-6,9-12H,7-8,13-19H2,1H3,(H,26,27);1H. The highest BCUT2D eigenvalue weighted by molar-refractivity contribution is 14.0. The van der Waals surface area contributed by atoms with Gasteiger partial charge in [0, 0.05) is 52.9 Å². The molecule has 1 saturated heterocycles. The summed E-state index contributed by atoms with van der Waals surface area (Å²) in [6.07, 6.45) is 1.63. The van der Waals surface area contributed by atoms with Crippen LogP contribution in [0.25, 0.3) is 0 Å². The summed E-state index contributed by atoms with van der Waals surface area (Å²) in [6.45, 7) is 6.11. The molecule has 0 radical (unpaired) electrons. The van der Waals surface area contributed by atoms with Gasteiger partial charge in [-0.2, -0.15) is 0 Å². The van der Waals surface area contributed by atoms with E-state index in [9.17, 15) is 9.59 Å². The monoisotopic (exact) mass is 561 g/mol. The van der Waals surface area contributed by atoms with Crippen molar-refractivity contribution in [2.75, 3.05) is 46.3 Å². The number of guanidine groups is 1. The number of halogens is 1. The van der Waals surface area contributed by atoms with Crippen LogP contribution in [0.2, 0.25) is 0 Å². The maximum absolute atomic E-state index is 12.4. The van der Waals surface area contributed by atoms with Crippen molar-refractivity contribution in [3.8, 4) is 0 Å². The Labute approximate surface area is 212 Å². The number of benzene rings is 2. The van der Waals surface area contributed by atoms with Crippen LogP contribution < -0.4 is 5.32 Å². The molecule has 2 aliphatic rings. The summed E-state index contributed by atoms with van der Waals surface area (Å²) >= 11 is 0. The molecule has 2 amide bonds. The van der Waals surface area contributed by atoms with Gasteiger partial charge in [0.2, 0.25) is 0 Å². The summed E-state index contributed by atoms with van der Waals surface area (Å²) in [4.78, 5) is 35.4. The lowest BCUT2D eigenvalue weighted by molar-refractivity contribution is 0.0652. The van der Waals surface area contributed by atoms with E-state index in [1.54, 1.807) is 24.3 Å². The van der Waals surface area contributed by atoms with Crippen LogP contribution in [0.3, 0.4) is 0 Å². The Balaban J connectivity index is 0.00000306. The first-order chi connectivity index (χ1) is 15.7. The van der Waals surface area contributed by atoms with Crippen LogP contribution in [0.1, 0.15) is 39.1 Å². The van der Waals surface area contributed by atoms with Crippen LogP contribution in [0.15, 0.2) is 59.6 Å². The minimum atomic E-state index is -0.178. The summed E-state index contributed by atoms with van der Waals surface area (Å²) in [5.41, 5.74) is 2.38. The number of carbonyl (C=O) groups excluding carboxylic acids is 2. The molecule has 0 bridgehead atoms. The molecule has 0 atom stereocenters. The van der Waals surface area contributed by atoms with Crippen molar-refractivity contribution in [1.82, 2.24) is 20.0 Å². The molecule has 0 saturated carbocycles. The third-order valence-corrected chi connectivity index (χ3v) is 6.10. The van der Waals surface area contributed by atoms with E-state index >= 15 is 0 Å². The van der Waals surface area contributed by atoms with Crippen LogP contribution in [-0.2, 0) is 6.54 Å². The molecule has 33 heavy (non-hydrogen) atoms. The van der Waals surface area contributed by atoms with E-state index in [0.717, 1.165) is 58.1 Å². The summed E-state index contributed by atoms with van der Waals surface area (Å²) in [5, 5.41) is 3.44. The molecule has 7 nitrogen and oxygen atoms in total. The van der Waals surface area contributed by atoms with E-state index < -0.39 is 0 Å². The molecule has 2 heterocycles. The molecule has 2 aromatic carbocycles. The van der Waals surface area contributed by atoms with Gasteiger partial charge in [-0.1, -0.05) is 42.5 Å². The van der Waals surface area contributed by atoms with Gasteiger partial charge in [-0.05, 0) is 30.5 Å². The summed E-state index contributed by atoms with van der Waals surface area (Å²) < 4.78 is 0. The number of piperazine rings is 1. The Morgan fingerprint density at radius 1 is 0.879 bits per heavy atom. The van der Waals surface area contributed by atoms with Gasteiger partial charge in [0.15, 0.2) is 5.96 Å². The molecule has 1 N–H and O–H groups in total. The highest BCUT2D eigenvalue weighted by atomic mass is 127. The van der Waals surface area contributed by atoms with Crippen molar-refractivity contribution in [1.29, 1.82) is 0 Å². The predicted octanol–water partition coefficient (Wildman–Crippen LogP) is 3.07. The van der Waals surface area contributed by atoms with E-state index in [1.165, 1.54) is 10.5 Å². The van der Waals surface area contributed by atoms with Gasteiger partial charge in [-0.15, -0.1) is 24.0 Å². The van der Waals surface area contributed by atoms with Gasteiger partial charge in [0.25, 0.3) is 11.8 Å². The highest BCUT2D eigenvalue weighted by Gasteiger charge is 2.34. The Hall–Kier alpha value is -2.46. The number of unbranched alkanes of at least 4 members (excludes halogenated alkanes) is 1. The largest absolute Gasteiger partial charge is 0.356 e. The number of fused-ring (bicyclic) bond motifs is 1. The van der Waals surface area contributed by atoms with Crippen LogP contribution >= 0.6 is 24.0 Å². The molecule has 0 spiro atoms. The number of aliphatic imine (C=N–C) groups is 1. The second-order valence-electron chi connectivity index (χ2n) is 8.24. The van der Waals surface area contributed by atoms with Crippen molar-refractivity contribution in [2.45, 2.75) is 19.4 Å². The van der Waals surface area contributed by atoms with Crippen molar-refractivity contribution in [3.05, 3.63) is 71.3 Å². The first-order valence-electron chi connectivity index (χ1n) is 11.3. The number of imide groups is 1. The molecule has 4 rings (SSSR count). The molecule has 0 unspecified atom stereocenters. The zero-order valence-electron chi connectivity index (χ0n) is 19.1. The second kappa shape index (κ2) is 12.1. The van der Waals surface area contributed by atoms with Gasteiger partial charge in [0.05, 0.1) is 11.1 Å². The van der Waals surface area contributed by atoms with Gasteiger partial charge in [-0.25, -0.2) is 0 Å². The summed E-state index contributed by atoms with van der Waals surface area (Å²) in [5.74, 6) is 0.565. The Morgan fingerprint density at radius 2 is 1.48 bits per heavy atom. The lowest BCUT2D eigenvalue weighted by Gasteiger charge is -2.36. The fourth-order valence-electron chi connectivity index (χ4n) is 4.33. The van der Waals surface area contributed by atoms with Crippen LogP contribution in [-0.4, -0.2) is 78.8 Å². The summed E-state index contributed by atoms with van der Waals surface area (Å²) in [7, 11) is 1.82. The third-order valence-electron chi connectivity index (χ3n) is 6.10. The van der Waals surface area contributed by atoms with Crippen LogP contribution in [0, 0.1) is 0 Å². The first-order valence-corrected chi connectivity index (χ1v) is 11.3. The number of hydrogen-bond donors (Lipinski definition) is 1. The normalized spacial score (nSPS) is 16.6. The number of carbonyl (C=O) groups is 2. The topological polar surface area (TPSA) is 68.2 Å². The van der Waals surface area contributed by atoms with Crippen molar-refractivity contribution < 1.29 is 9.59 Å². The van der Waals surface area contributed by atoms with Crippen molar-refractivity contribution in [3.63, 3.8) is 0 Å². The maximum Gasteiger partial charge on any atom is 0.261 e. The molecular weight excluding hydrogens is 529 g/mol. The van der Waals surface area contributed by atoms with Gasteiger partial charge in [0.1, 0.15) is 0 Å². The Morgan fingerprint density at radius 3 is 2.09 bits per heavy atom. The number of nitrogens with zero attached hydrogens (tertiary/aromatic N) is 4. The Bertz CT molecular complexity index is 939. The molecule has 0 aliphatic carbocycles. The Kier molecular flexibility index (Phi) is 9.25. The van der Waals surface area contributed by atoms with E-state index in [4.69, 9.17) is 0 Å². The zero-order valence-corrected chi connectivity index (χ0v) is 21.4. The molecule has 1 fully saturated rings. The number of rotatable bonds is 7. The molecule has 176 valence electrons. The molecule has 2 aliphatic heterocycles. The maximum atomic E-state index is 12.4. The highest BCUT2D eigenvalue weighted by Crippen LogP contribution is 2.22. The van der Waals surface area contributed by atoms with Gasteiger partial charge < -0.3 is 10.2 Å². The van der Waals surface area contributed by atoms with E-state index in [1.807, 2.05) is 7.05 Å². The second-order valence-corrected chi connectivity index (χ2v) is 8.24. The minimum Gasteiger partial charge on any atom is -0.356 e. The predicted molar refractivity (Wildman–Crippen MR) is 141 cm³/mol. The van der Waals surface area contributed by atoms with Crippen LogP contribution in [0.4, 0.5) is 0 Å². The molecule has 0 aromatic heterocycles. The smallest absolute Gasteiger partial charge is 0.261 e. The molecule has 2 aromatic rings. The number of hydrogen-bond acceptors (Lipinski definition) is 4. The first kappa shape index (κ1) is 25.2. The molecule has 8 heteroatoms. The van der Waals surface area contributed by atoms with E-state index in [2.05, 4.69) is 50.4 Å². The number of amides is 2. The van der Waals surface area contributed by atoms with Crippen molar-refractivity contribution in [2.24, 2.45) is 4.99 Å². The SMILES string of the molecule is CN=C(NCCCCN1C(=O)c2ccccc2C1=O)N1CCN(Cc2ccccc2)CC1.I. The fraction of sp³-hybridized carbons (Fsp3) is 0.400. The number of nitrogens with one attached hydrogen (secondary N) is 1. The lowest BCUT2D eigenvalue weighted by atomic mass is 10.1. The van der Waals surface area contributed by atoms with Gasteiger partial charge in [-0.3, -0.25) is 24.4 Å². The molecular formula is C25H32IN5O2. The van der Waals surface area contributed by atoms with Crippen LogP contribution in [0.5, 0.6) is 0 Å². The average molecular weight is 561 g/mol.